The molecular formula is C6H5N3O4. The molecule has 0 radical (unpaired) electrons. The first kappa shape index (κ1) is 9.11. The van der Waals surface area contributed by atoms with Gasteiger partial charge in [0.1, 0.15) is 12.4 Å². The van der Waals surface area contributed by atoms with Gasteiger partial charge in [0.25, 0.3) is 0 Å². The molecule has 0 aliphatic rings. The second-order valence-corrected chi connectivity index (χ2v) is 2.08. The van der Waals surface area contributed by atoms with Crippen molar-refractivity contribution in [3.63, 3.8) is 0 Å². The molecule has 1 aromatic heterocycles. The van der Waals surface area contributed by atoms with E-state index in [1.165, 1.54) is 0 Å². The van der Waals surface area contributed by atoms with Gasteiger partial charge in [0.05, 0.1) is 0 Å². The fraction of sp³-hybridized carbons (Fsp3) is 0.167. The topological polar surface area (TPSA) is 119 Å². The summed E-state index contributed by atoms with van der Waals surface area (Å²) in [4.78, 5) is 13.2. The first-order valence-corrected chi connectivity index (χ1v) is 3.21. The Bertz CT molecular complexity index is 418. The molecule has 0 saturated heterocycles. The largest absolute Gasteiger partial charge is 0.502 e. The lowest BCUT2D eigenvalue weighted by Crippen LogP contribution is -2.00. The summed E-state index contributed by atoms with van der Waals surface area (Å²) in [7, 11) is 0. The quantitative estimate of drug-likeness (QED) is 0.399. The molecule has 0 saturated carbocycles. The van der Waals surface area contributed by atoms with E-state index in [0.29, 0.717) is 0 Å². The summed E-state index contributed by atoms with van der Waals surface area (Å²) < 4.78 is 4.66. The van der Waals surface area contributed by atoms with Gasteiger partial charge in [-0.3, -0.25) is 4.79 Å². The van der Waals surface area contributed by atoms with Crippen LogP contribution in [0.3, 0.4) is 0 Å². The predicted molar refractivity (Wildman–Crippen MR) is 41.4 cm³/mol. The van der Waals surface area contributed by atoms with Crippen LogP contribution >= 0.6 is 0 Å². The fourth-order valence-electron chi connectivity index (χ4n) is 0.708. The van der Waals surface area contributed by atoms with E-state index in [2.05, 4.69) is 14.4 Å². The monoisotopic (exact) mass is 183 g/mol. The fourth-order valence-corrected chi connectivity index (χ4v) is 0.708. The Labute approximate surface area is 71.5 Å². The van der Waals surface area contributed by atoms with Crippen molar-refractivity contribution in [3.05, 3.63) is 32.5 Å². The average Bonchev–Trinajstić information content (AvgIpc) is 2.13. The number of aliphatic hydroxyl groups is 1. The van der Waals surface area contributed by atoms with Crippen LogP contribution in [-0.2, 0) is 6.61 Å². The smallest absolute Gasteiger partial charge is 0.236 e. The summed E-state index contributed by atoms with van der Waals surface area (Å²) in [5, 5.41) is 20.5. The Kier molecular flexibility index (Phi) is 2.53. The Hall–Kier alpha value is -1.98. The van der Waals surface area contributed by atoms with Crippen molar-refractivity contribution >= 4 is 5.88 Å². The van der Waals surface area contributed by atoms with Crippen LogP contribution in [0, 0.1) is 0 Å². The zero-order valence-corrected chi connectivity index (χ0v) is 6.34. The van der Waals surface area contributed by atoms with Crippen molar-refractivity contribution in [1.82, 2.24) is 0 Å². The Morgan fingerprint density at radius 2 is 2.38 bits per heavy atom. The van der Waals surface area contributed by atoms with Gasteiger partial charge < -0.3 is 14.6 Å². The molecule has 0 aliphatic carbocycles. The minimum atomic E-state index is -0.769. The third-order valence-corrected chi connectivity index (χ3v) is 1.25. The van der Waals surface area contributed by atoms with Gasteiger partial charge in [0.15, 0.2) is 0 Å². The van der Waals surface area contributed by atoms with E-state index in [1.807, 2.05) is 0 Å². The lowest BCUT2D eigenvalue weighted by molar-refractivity contribution is 0.243. The molecule has 68 valence electrons. The van der Waals surface area contributed by atoms with E-state index in [9.17, 15) is 4.79 Å². The van der Waals surface area contributed by atoms with Crippen molar-refractivity contribution in [3.8, 4) is 5.75 Å². The first-order valence-electron chi connectivity index (χ1n) is 3.21. The van der Waals surface area contributed by atoms with Gasteiger partial charge >= 0.3 is 0 Å². The van der Waals surface area contributed by atoms with Crippen molar-refractivity contribution in [1.29, 1.82) is 0 Å². The van der Waals surface area contributed by atoms with Gasteiger partial charge in [0, 0.05) is 11.0 Å². The number of nitrogens with zero attached hydrogens (tertiary/aromatic N) is 3. The molecule has 0 amide bonds. The van der Waals surface area contributed by atoms with Gasteiger partial charge in [-0.2, -0.15) is 0 Å². The van der Waals surface area contributed by atoms with Crippen LogP contribution in [0.25, 0.3) is 10.4 Å². The van der Waals surface area contributed by atoms with Crippen LogP contribution in [0.1, 0.15) is 5.76 Å². The van der Waals surface area contributed by atoms with Gasteiger partial charge in [-0.25, -0.2) is 0 Å². The molecule has 2 N–H and O–H groups in total. The molecule has 1 rings (SSSR count). The molecule has 1 aromatic rings. The van der Waals surface area contributed by atoms with Crippen molar-refractivity contribution in [2.45, 2.75) is 6.61 Å². The molecule has 7 nitrogen and oxygen atoms in total. The molecule has 0 aromatic carbocycles. The SMILES string of the molecule is [N-]=[N+]=Nc1oc(CO)cc(=O)c1O. The van der Waals surface area contributed by atoms with E-state index in [0.717, 1.165) is 6.07 Å². The van der Waals surface area contributed by atoms with Gasteiger partial charge in [0.2, 0.25) is 17.1 Å². The molecule has 0 unspecified atom stereocenters. The van der Waals surface area contributed by atoms with E-state index in [1.54, 1.807) is 0 Å². The van der Waals surface area contributed by atoms with Gasteiger partial charge in [-0.1, -0.05) is 0 Å². The van der Waals surface area contributed by atoms with Crippen LogP contribution < -0.4 is 5.43 Å². The molecule has 0 atom stereocenters. The van der Waals surface area contributed by atoms with Crippen LogP contribution in [0.2, 0.25) is 0 Å². The summed E-state index contributed by atoms with van der Waals surface area (Å²) in [6.07, 6.45) is 0. The maximum Gasteiger partial charge on any atom is 0.236 e. The third kappa shape index (κ3) is 1.78. The lowest BCUT2D eigenvalue weighted by Gasteiger charge is -1.98. The summed E-state index contributed by atoms with van der Waals surface area (Å²) in [5.41, 5.74) is 7.26. The van der Waals surface area contributed by atoms with Gasteiger partial charge in [-0.15, -0.1) is 0 Å². The minimum Gasteiger partial charge on any atom is -0.502 e. The summed E-state index contributed by atoms with van der Waals surface area (Å²) in [6, 6.07) is 0.908. The number of aromatic hydroxyl groups is 1. The van der Waals surface area contributed by atoms with E-state index in [4.69, 9.17) is 15.7 Å². The Balaban J connectivity index is 3.41. The maximum atomic E-state index is 10.9. The molecular weight excluding hydrogens is 178 g/mol. The molecule has 0 fully saturated rings. The van der Waals surface area contributed by atoms with Crippen LogP contribution in [0.4, 0.5) is 5.88 Å². The highest BCUT2D eigenvalue weighted by molar-refractivity contribution is 5.40. The minimum absolute atomic E-state index is 0.0785. The number of aliphatic hydroxyl groups excluding tert-OH is 1. The predicted octanol–water partition coefficient (Wildman–Crippen LogP) is 0.779. The van der Waals surface area contributed by atoms with Crippen molar-refractivity contribution in [2.75, 3.05) is 0 Å². The van der Waals surface area contributed by atoms with Crippen LogP contribution in [0.5, 0.6) is 5.75 Å². The van der Waals surface area contributed by atoms with E-state index < -0.39 is 23.7 Å². The summed E-state index contributed by atoms with van der Waals surface area (Å²) in [6.45, 7) is -0.510. The van der Waals surface area contributed by atoms with Crippen LogP contribution in [0.15, 0.2) is 20.4 Å². The van der Waals surface area contributed by atoms with Crippen molar-refractivity contribution in [2.24, 2.45) is 5.11 Å². The Morgan fingerprint density at radius 3 is 2.92 bits per heavy atom. The molecule has 0 aliphatic heterocycles. The lowest BCUT2D eigenvalue weighted by atomic mass is 10.3. The highest BCUT2D eigenvalue weighted by atomic mass is 16.4. The number of rotatable bonds is 2. The number of hydrogen-bond donors (Lipinski definition) is 2. The highest BCUT2D eigenvalue weighted by Gasteiger charge is 2.08. The molecule has 1 heterocycles. The molecule has 0 spiro atoms. The van der Waals surface area contributed by atoms with Gasteiger partial charge in [-0.05, 0) is 10.6 Å². The molecule has 0 bridgehead atoms. The van der Waals surface area contributed by atoms with E-state index >= 15 is 0 Å². The zero-order chi connectivity index (χ0) is 9.84. The number of azide groups is 1. The second kappa shape index (κ2) is 3.61. The summed E-state index contributed by atoms with van der Waals surface area (Å²) in [5.74, 6) is -1.39. The van der Waals surface area contributed by atoms with E-state index in [-0.39, 0.29) is 5.76 Å². The first-order chi connectivity index (χ1) is 6.19. The summed E-state index contributed by atoms with van der Waals surface area (Å²) >= 11 is 0. The standard InChI is InChI=1S/C6H5N3O4/c7-9-8-6-5(12)4(11)1-3(2-10)13-6/h1,10,12H,2H2. The highest BCUT2D eigenvalue weighted by Crippen LogP contribution is 2.23. The average molecular weight is 183 g/mol. The van der Waals surface area contributed by atoms with Crippen LogP contribution in [-0.4, -0.2) is 10.2 Å². The maximum absolute atomic E-state index is 10.9. The molecule has 7 heteroatoms. The normalized spacial score (nSPS) is 9.31. The van der Waals surface area contributed by atoms with Crippen molar-refractivity contribution < 1.29 is 14.6 Å². The number of hydrogen-bond acceptors (Lipinski definition) is 5. The third-order valence-electron chi connectivity index (χ3n) is 1.25. The Morgan fingerprint density at radius 1 is 1.69 bits per heavy atom. The zero-order valence-electron chi connectivity index (χ0n) is 6.34. The second-order valence-electron chi connectivity index (χ2n) is 2.08. The molecule has 13 heavy (non-hydrogen) atoms.